The third kappa shape index (κ3) is 4.37. The summed E-state index contributed by atoms with van der Waals surface area (Å²) in [6.45, 7) is 0.431. The third-order valence-corrected chi connectivity index (χ3v) is 6.97. The average molecular weight is 479 g/mol. The van der Waals surface area contributed by atoms with E-state index in [1.165, 1.54) is 11.3 Å². The molecule has 3 heterocycles. The van der Waals surface area contributed by atoms with E-state index in [2.05, 4.69) is 5.32 Å². The largest absolute Gasteiger partial charge is 0.454 e. The minimum Gasteiger partial charge on any atom is -0.454 e. The second-order valence-electron chi connectivity index (χ2n) is 7.23. The minimum atomic E-state index is -0.377. The van der Waals surface area contributed by atoms with E-state index >= 15 is 0 Å². The number of hydrogen-bond acceptors (Lipinski definition) is 7. The predicted molar refractivity (Wildman–Crippen MR) is 127 cm³/mol. The van der Waals surface area contributed by atoms with Crippen molar-refractivity contribution in [1.82, 2.24) is 10.2 Å². The van der Waals surface area contributed by atoms with Crippen molar-refractivity contribution in [3.8, 4) is 22.6 Å². The maximum atomic E-state index is 12.7. The topological polar surface area (TPSA) is 84.9 Å². The Morgan fingerprint density at radius 1 is 1.06 bits per heavy atom. The van der Waals surface area contributed by atoms with Crippen molar-refractivity contribution >= 4 is 46.2 Å². The highest BCUT2D eigenvalue weighted by Crippen LogP contribution is 2.36. The first-order chi connectivity index (χ1) is 16.1. The van der Waals surface area contributed by atoms with Gasteiger partial charge in [-0.1, -0.05) is 36.4 Å². The summed E-state index contributed by atoms with van der Waals surface area (Å²) in [7, 11) is 0. The number of nitrogens with zero attached hydrogens (tertiary/aromatic N) is 1. The predicted octanol–water partition coefficient (Wildman–Crippen LogP) is 4.61. The molecule has 166 valence electrons. The zero-order chi connectivity index (χ0) is 22.8. The Morgan fingerprint density at radius 3 is 2.73 bits per heavy atom. The van der Waals surface area contributed by atoms with E-state index in [0.717, 1.165) is 33.4 Å². The Labute approximate surface area is 198 Å². The summed E-state index contributed by atoms with van der Waals surface area (Å²) < 4.78 is 10.6. The number of thiophene rings is 1. The molecule has 0 radical (unpaired) electrons. The molecular formula is C24H18N2O5S2. The number of carbonyl (C=O) groups excluding carboxylic acids is 3. The van der Waals surface area contributed by atoms with Crippen molar-refractivity contribution in [1.29, 1.82) is 0 Å². The van der Waals surface area contributed by atoms with Gasteiger partial charge < -0.3 is 14.8 Å². The van der Waals surface area contributed by atoms with Crippen LogP contribution in [0.15, 0.2) is 64.9 Å². The van der Waals surface area contributed by atoms with Gasteiger partial charge >= 0.3 is 0 Å². The lowest BCUT2D eigenvalue weighted by Gasteiger charge is -2.13. The first kappa shape index (κ1) is 21.3. The molecule has 9 heteroatoms. The SMILES string of the molecule is O=C(NCCN1C(=O)S/C(=C\c2ccc3c(c2)OCO3)C1=O)c1sccc1-c1ccccc1. The molecule has 0 bridgehead atoms. The summed E-state index contributed by atoms with van der Waals surface area (Å²) in [5.41, 5.74) is 2.56. The van der Waals surface area contributed by atoms with Crippen LogP contribution in [-0.4, -0.2) is 41.8 Å². The van der Waals surface area contributed by atoms with Crippen molar-refractivity contribution in [2.75, 3.05) is 19.9 Å². The number of imide groups is 1. The summed E-state index contributed by atoms with van der Waals surface area (Å²) in [5.74, 6) is 0.649. The molecule has 1 N–H and O–H groups in total. The highest BCUT2D eigenvalue weighted by atomic mass is 32.2. The Kier molecular flexibility index (Phi) is 5.89. The number of nitrogens with one attached hydrogen (secondary N) is 1. The molecule has 0 saturated carbocycles. The quantitative estimate of drug-likeness (QED) is 0.521. The molecule has 0 atom stereocenters. The smallest absolute Gasteiger partial charge is 0.293 e. The van der Waals surface area contributed by atoms with Crippen molar-refractivity contribution in [2.45, 2.75) is 0 Å². The Balaban J connectivity index is 1.21. The molecular weight excluding hydrogens is 460 g/mol. The standard InChI is InChI=1S/C24H18N2O5S2/c27-22(21-17(8-11-32-21)16-4-2-1-3-5-16)25-9-10-26-23(28)20(33-24(26)29)13-15-6-7-18-19(12-15)31-14-30-18/h1-8,11-13H,9-10,14H2,(H,25,27)/b20-13-. The summed E-state index contributed by atoms with van der Waals surface area (Å²) in [6.07, 6.45) is 1.66. The van der Waals surface area contributed by atoms with Crippen molar-refractivity contribution in [2.24, 2.45) is 0 Å². The van der Waals surface area contributed by atoms with Gasteiger partial charge in [-0.3, -0.25) is 19.3 Å². The maximum Gasteiger partial charge on any atom is 0.293 e. The molecule has 2 aliphatic heterocycles. The van der Waals surface area contributed by atoms with Crippen molar-refractivity contribution in [3.05, 3.63) is 75.3 Å². The highest BCUT2D eigenvalue weighted by molar-refractivity contribution is 8.18. The fourth-order valence-corrected chi connectivity index (χ4v) is 5.24. The van der Waals surface area contributed by atoms with E-state index in [1.807, 2.05) is 41.8 Å². The van der Waals surface area contributed by atoms with Crippen LogP contribution in [0.4, 0.5) is 4.79 Å². The van der Waals surface area contributed by atoms with Crippen LogP contribution in [0.2, 0.25) is 0 Å². The highest BCUT2D eigenvalue weighted by Gasteiger charge is 2.34. The molecule has 5 rings (SSSR count). The molecule has 1 fully saturated rings. The van der Waals surface area contributed by atoms with E-state index in [4.69, 9.17) is 9.47 Å². The summed E-state index contributed by atoms with van der Waals surface area (Å²) >= 11 is 2.24. The molecule has 2 aromatic carbocycles. The molecule has 7 nitrogen and oxygen atoms in total. The lowest BCUT2D eigenvalue weighted by molar-refractivity contribution is -0.122. The van der Waals surface area contributed by atoms with Crippen LogP contribution in [0.5, 0.6) is 11.5 Å². The lowest BCUT2D eigenvalue weighted by Crippen LogP contribution is -2.37. The molecule has 0 unspecified atom stereocenters. The Morgan fingerprint density at radius 2 is 1.88 bits per heavy atom. The number of amides is 3. The third-order valence-electron chi connectivity index (χ3n) is 5.15. The van der Waals surface area contributed by atoms with Gasteiger partial charge in [0.05, 0.1) is 9.78 Å². The van der Waals surface area contributed by atoms with Crippen LogP contribution in [0.1, 0.15) is 15.2 Å². The van der Waals surface area contributed by atoms with E-state index in [-0.39, 0.29) is 36.9 Å². The molecule has 1 saturated heterocycles. The van der Waals surface area contributed by atoms with Crippen LogP contribution < -0.4 is 14.8 Å². The van der Waals surface area contributed by atoms with E-state index in [9.17, 15) is 14.4 Å². The normalized spacial score (nSPS) is 16.0. The molecule has 0 spiro atoms. The van der Waals surface area contributed by atoms with Crippen LogP contribution in [0.3, 0.4) is 0 Å². The number of rotatable bonds is 6. The van der Waals surface area contributed by atoms with E-state index < -0.39 is 0 Å². The average Bonchev–Trinajstić information content (AvgIpc) is 3.55. The van der Waals surface area contributed by atoms with Crippen LogP contribution in [0, 0.1) is 0 Å². The zero-order valence-electron chi connectivity index (χ0n) is 17.3. The van der Waals surface area contributed by atoms with Gasteiger partial charge in [0.15, 0.2) is 11.5 Å². The molecule has 2 aliphatic rings. The first-order valence-corrected chi connectivity index (χ1v) is 11.9. The van der Waals surface area contributed by atoms with Gasteiger partial charge in [0.1, 0.15) is 0 Å². The van der Waals surface area contributed by atoms with Crippen LogP contribution in [0.25, 0.3) is 17.2 Å². The van der Waals surface area contributed by atoms with Gasteiger partial charge in [-0.25, -0.2) is 0 Å². The molecule has 3 aromatic rings. The second kappa shape index (κ2) is 9.13. The fraction of sp³-hybridized carbons (Fsp3) is 0.125. The van der Waals surface area contributed by atoms with Gasteiger partial charge in [-0.15, -0.1) is 11.3 Å². The van der Waals surface area contributed by atoms with Gasteiger partial charge in [-0.2, -0.15) is 0 Å². The summed E-state index contributed by atoms with van der Waals surface area (Å²) in [4.78, 5) is 39.9. The van der Waals surface area contributed by atoms with Gasteiger partial charge in [0, 0.05) is 18.7 Å². The summed E-state index contributed by atoms with van der Waals surface area (Å²) in [5, 5.41) is 4.33. The molecule has 1 aromatic heterocycles. The van der Waals surface area contributed by atoms with Crippen molar-refractivity contribution < 1.29 is 23.9 Å². The van der Waals surface area contributed by atoms with E-state index in [1.54, 1.807) is 24.3 Å². The molecule has 33 heavy (non-hydrogen) atoms. The monoisotopic (exact) mass is 478 g/mol. The molecule has 0 aliphatic carbocycles. The fourth-order valence-electron chi connectivity index (χ4n) is 3.54. The Bertz CT molecular complexity index is 1270. The number of thioether (sulfide) groups is 1. The number of fused-ring (bicyclic) bond motifs is 1. The van der Waals surface area contributed by atoms with E-state index in [0.29, 0.717) is 21.3 Å². The first-order valence-electron chi connectivity index (χ1n) is 10.2. The van der Waals surface area contributed by atoms with Crippen molar-refractivity contribution in [3.63, 3.8) is 0 Å². The summed E-state index contributed by atoms with van der Waals surface area (Å²) in [6, 6.07) is 16.9. The maximum absolute atomic E-state index is 12.7. The lowest BCUT2D eigenvalue weighted by atomic mass is 10.1. The van der Waals surface area contributed by atoms with Crippen LogP contribution in [-0.2, 0) is 4.79 Å². The number of ether oxygens (including phenoxy) is 2. The van der Waals surface area contributed by atoms with Gasteiger partial charge in [-0.05, 0) is 52.5 Å². The van der Waals surface area contributed by atoms with Crippen LogP contribution >= 0.6 is 23.1 Å². The van der Waals surface area contributed by atoms with Gasteiger partial charge in [0.2, 0.25) is 6.79 Å². The number of benzene rings is 2. The number of carbonyl (C=O) groups is 3. The second-order valence-corrected chi connectivity index (χ2v) is 9.14. The number of hydrogen-bond donors (Lipinski definition) is 1. The molecule has 3 amide bonds. The minimum absolute atomic E-state index is 0.0981. The van der Waals surface area contributed by atoms with Gasteiger partial charge in [0.25, 0.3) is 17.1 Å². The Hall–Kier alpha value is -3.56. The zero-order valence-corrected chi connectivity index (χ0v) is 18.9.